The standard InChI is InChI=1S/C37H42N10O9S2/c1-8-55-42-26(29-40-35(58-43-29)41-36(52)56-37(2,3)4)31(49)39-27-32(50)47-28(34(51)54-18-21-11-13-23(53-7)14-12-21)22(19-57-33(27)47)16-45-15-9-10-24-30(45)38-20-46(24)17-25(48)44(5)6/h9-15,20,27,33H,8,16-19H2,1-7H3,(H-,39,40,41,43,49,52)/p+1/b42-26-. The predicted octanol–water partition coefficient (Wildman–Crippen LogP) is 2.46. The monoisotopic (exact) mass is 835 g/mol. The molecule has 3 aromatic heterocycles. The number of nitrogens with one attached hydrogen (secondary N) is 2. The van der Waals surface area contributed by atoms with Crippen molar-refractivity contribution in [1.29, 1.82) is 0 Å². The van der Waals surface area contributed by atoms with Crippen molar-refractivity contribution in [2.45, 2.75) is 64.4 Å². The first-order chi connectivity index (χ1) is 27.7. The zero-order valence-corrected chi connectivity index (χ0v) is 34.5. The van der Waals surface area contributed by atoms with Gasteiger partial charge in [-0.05, 0) is 62.5 Å². The van der Waals surface area contributed by atoms with Crippen LogP contribution in [0.4, 0.5) is 9.93 Å². The van der Waals surface area contributed by atoms with E-state index in [1.165, 1.54) is 21.6 Å². The summed E-state index contributed by atoms with van der Waals surface area (Å²) in [5.41, 5.74) is 1.55. The summed E-state index contributed by atoms with van der Waals surface area (Å²) in [6.07, 6.45) is 2.63. The smallest absolute Gasteiger partial charge is 0.414 e. The highest BCUT2D eigenvalue weighted by Crippen LogP contribution is 2.41. The molecule has 4 aromatic rings. The van der Waals surface area contributed by atoms with Gasteiger partial charge in [-0.3, -0.25) is 29.2 Å². The number of ether oxygens (including phenoxy) is 3. The van der Waals surface area contributed by atoms with Crippen molar-refractivity contribution < 1.29 is 47.6 Å². The van der Waals surface area contributed by atoms with E-state index in [0.717, 1.165) is 11.5 Å². The van der Waals surface area contributed by atoms with Gasteiger partial charge in [-0.15, -0.1) is 11.8 Å². The topological polar surface area (TPSA) is 213 Å². The lowest BCUT2D eigenvalue weighted by Crippen LogP contribution is -2.71. The van der Waals surface area contributed by atoms with Crippen molar-refractivity contribution >= 4 is 75.1 Å². The number of hydrogen-bond acceptors (Lipinski definition) is 15. The molecule has 0 aliphatic carbocycles. The highest BCUT2D eigenvalue weighted by molar-refractivity contribution is 8.00. The van der Waals surface area contributed by atoms with Crippen LogP contribution in [-0.4, -0.2) is 115 Å². The van der Waals surface area contributed by atoms with Crippen LogP contribution in [0.5, 0.6) is 5.75 Å². The molecule has 306 valence electrons. The number of carbonyl (C=O) groups is 5. The Kier molecular flexibility index (Phi) is 12.6. The minimum absolute atomic E-state index is 0.0489. The first kappa shape index (κ1) is 41.5. The van der Waals surface area contributed by atoms with Gasteiger partial charge < -0.3 is 29.3 Å². The highest BCUT2D eigenvalue weighted by Gasteiger charge is 2.55. The predicted molar refractivity (Wildman–Crippen MR) is 211 cm³/mol. The first-order valence-corrected chi connectivity index (χ1v) is 19.8. The quantitative estimate of drug-likeness (QED) is 0.0615. The van der Waals surface area contributed by atoms with Gasteiger partial charge in [-0.1, -0.05) is 17.3 Å². The van der Waals surface area contributed by atoms with Crippen molar-refractivity contribution in [3.05, 3.63) is 71.6 Å². The number of rotatable bonds is 14. The van der Waals surface area contributed by atoms with E-state index < -0.39 is 40.9 Å². The lowest BCUT2D eigenvalue weighted by molar-refractivity contribution is -0.664. The third kappa shape index (κ3) is 9.37. The number of likely N-dealkylation sites (N-methyl/N-ethyl adjacent to an activating group) is 1. The van der Waals surface area contributed by atoms with Gasteiger partial charge in [-0.2, -0.15) is 9.36 Å². The van der Waals surface area contributed by atoms with Crippen LogP contribution >= 0.6 is 23.3 Å². The van der Waals surface area contributed by atoms with E-state index in [1.807, 2.05) is 16.7 Å². The zero-order chi connectivity index (χ0) is 41.7. The van der Waals surface area contributed by atoms with Gasteiger partial charge >= 0.3 is 17.7 Å². The Labute approximate surface area is 341 Å². The molecule has 19 nitrogen and oxygen atoms in total. The molecule has 2 N–H and O–H groups in total. The summed E-state index contributed by atoms with van der Waals surface area (Å²) in [4.78, 5) is 83.3. The summed E-state index contributed by atoms with van der Waals surface area (Å²) >= 11 is 2.15. The second kappa shape index (κ2) is 17.6. The molecule has 0 spiro atoms. The van der Waals surface area contributed by atoms with E-state index in [9.17, 15) is 24.0 Å². The number of fused-ring (bicyclic) bond motifs is 2. The lowest BCUT2D eigenvalue weighted by Gasteiger charge is -2.49. The largest absolute Gasteiger partial charge is 0.497 e. The maximum Gasteiger partial charge on any atom is 0.414 e. The van der Waals surface area contributed by atoms with Crippen LogP contribution < -0.4 is 19.9 Å². The fraction of sp³-hybridized carbons (Fsp3) is 0.405. The van der Waals surface area contributed by atoms with Crippen molar-refractivity contribution in [2.75, 3.05) is 38.9 Å². The molecule has 58 heavy (non-hydrogen) atoms. The van der Waals surface area contributed by atoms with Crippen LogP contribution in [0.2, 0.25) is 0 Å². The number of esters is 1. The van der Waals surface area contributed by atoms with Crippen molar-refractivity contribution in [3.8, 4) is 5.75 Å². The SMILES string of the molecule is CCO/N=C(\C(=O)NC1C(=O)N2C(C(=O)OCc3ccc(OC)cc3)=C(C[n+]3cccc4c3ncn4CC(=O)N(C)C)CSC12)c1nsc(NC(=O)OC(C)(C)C)n1. The van der Waals surface area contributed by atoms with E-state index >= 15 is 0 Å². The second-order valence-electron chi connectivity index (χ2n) is 14.2. The number of nitrogens with zero attached hydrogens (tertiary/aromatic N) is 8. The molecule has 2 aliphatic heterocycles. The molecule has 1 saturated heterocycles. The van der Waals surface area contributed by atoms with Crippen molar-refractivity contribution in [3.63, 3.8) is 0 Å². The number of methoxy groups -OCH3 is 1. The first-order valence-electron chi connectivity index (χ1n) is 18.0. The van der Waals surface area contributed by atoms with Gasteiger partial charge in [0.05, 0.1) is 13.3 Å². The Morgan fingerprint density at radius 1 is 1.12 bits per heavy atom. The zero-order valence-electron chi connectivity index (χ0n) is 32.9. The van der Waals surface area contributed by atoms with Crippen LogP contribution in [0.3, 0.4) is 0 Å². The van der Waals surface area contributed by atoms with Crippen LogP contribution in [0.25, 0.3) is 11.2 Å². The number of amides is 4. The number of thioether (sulfide) groups is 1. The molecule has 2 aliphatic rings. The van der Waals surface area contributed by atoms with Crippen LogP contribution in [-0.2, 0) is 53.2 Å². The summed E-state index contributed by atoms with van der Waals surface area (Å²) < 4.78 is 24.0. The third-order valence-electron chi connectivity index (χ3n) is 8.62. The number of carbonyl (C=O) groups excluding carboxylic acids is 5. The molecule has 5 heterocycles. The van der Waals surface area contributed by atoms with E-state index in [-0.39, 0.29) is 54.6 Å². The molecular weight excluding hydrogens is 793 g/mol. The van der Waals surface area contributed by atoms with Gasteiger partial charge in [0, 0.05) is 37.0 Å². The molecule has 2 atom stereocenters. The Morgan fingerprint density at radius 3 is 2.57 bits per heavy atom. The molecule has 0 radical (unpaired) electrons. The molecular formula is C37H43N10O9S2+. The van der Waals surface area contributed by atoms with Gasteiger partial charge in [0.25, 0.3) is 11.8 Å². The van der Waals surface area contributed by atoms with Gasteiger partial charge in [0.2, 0.25) is 28.9 Å². The number of imidazole rings is 1. The number of oxime groups is 1. The maximum absolute atomic E-state index is 14.0. The van der Waals surface area contributed by atoms with Crippen LogP contribution in [0, 0.1) is 0 Å². The molecule has 4 amide bonds. The molecule has 1 aromatic carbocycles. The average Bonchev–Trinajstić information content (AvgIpc) is 3.82. The van der Waals surface area contributed by atoms with Crippen molar-refractivity contribution in [2.24, 2.45) is 5.16 Å². The van der Waals surface area contributed by atoms with Crippen LogP contribution in [0.15, 0.2) is 65.3 Å². The molecule has 1 fully saturated rings. The molecule has 2 unspecified atom stereocenters. The third-order valence-corrected chi connectivity index (χ3v) is 10.6. The van der Waals surface area contributed by atoms with E-state index in [4.69, 9.17) is 19.0 Å². The van der Waals surface area contributed by atoms with E-state index in [1.54, 1.807) is 90.3 Å². The summed E-state index contributed by atoms with van der Waals surface area (Å²) in [7, 11) is 4.91. The number of benzene rings is 1. The number of pyridine rings is 1. The minimum Gasteiger partial charge on any atom is -0.497 e. The number of aromatic nitrogens is 5. The van der Waals surface area contributed by atoms with E-state index in [0.29, 0.717) is 33.8 Å². The fourth-order valence-electron chi connectivity index (χ4n) is 5.84. The van der Waals surface area contributed by atoms with Gasteiger partial charge in [0.15, 0.2) is 0 Å². The van der Waals surface area contributed by atoms with Crippen molar-refractivity contribution in [1.82, 2.24) is 34.0 Å². The number of β-lactam (4-membered cyclic amide) rings is 1. The van der Waals surface area contributed by atoms with Crippen LogP contribution in [0.1, 0.15) is 39.1 Å². The normalized spacial score (nSPS) is 16.6. The van der Waals surface area contributed by atoms with E-state index in [2.05, 4.69) is 30.1 Å². The molecule has 0 bridgehead atoms. The average molecular weight is 836 g/mol. The Morgan fingerprint density at radius 2 is 1.88 bits per heavy atom. The number of hydrogen-bond donors (Lipinski definition) is 2. The highest BCUT2D eigenvalue weighted by atomic mass is 32.2. The maximum atomic E-state index is 14.0. The number of anilines is 1. The summed E-state index contributed by atoms with van der Waals surface area (Å²) in [6, 6.07) is 9.64. The Hall–Kier alpha value is -6.09. The molecule has 0 saturated carbocycles. The Bertz CT molecular complexity index is 2280. The summed E-state index contributed by atoms with van der Waals surface area (Å²) in [5.74, 6) is -1.40. The summed E-state index contributed by atoms with van der Waals surface area (Å²) in [6.45, 7) is 7.11. The fourth-order valence-corrected chi connectivity index (χ4v) is 7.74. The van der Waals surface area contributed by atoms with Gasteiger partial charge in [0.1, 0.15) is 60.3 Å². The molecule has 21 heteroatoms. The summed E-state index contributed by atoms with van der Waals surface area (Å²) in [5, 5.41) is 8.47. The lowest BCUT2D eigenvalue weighted by atomic mass is 10.0. The second-order valence-corrected chi connectivity index (χ2v) is 16.0. The Balaban J connectivity index is 1.25. The minimum atomic E-state index is -1.06. The van der Waals surface area contributed by atoms with Gasteiger partial charge in [-0.25, -0.2) is 14.2 Å². The molecule has 6 rings (SSSR count).